The molecule has 0 saturated carbocycles. The standard InChI is InChI=1S/C28H25Br3N4O5/c1-3-5-6-24-33-22-12-9-19(29)14-21(22)28(36)34(24)32-15-18-13-23(39-4-2)27(26(31)25(18)30)40-16-17-7-10-20(11-8-17)35(37)38/h7-15H,3-6,16H2,1-2H3. The van der Waals surface area contributed by atoms with Crippen molar-refractivity contribution in [2.45, 2.75) is 39.7 Å². The van der Waals surface area contributed by atoms with Crippen LogP contribution in [-0.4, -0.2) is 27.4 Å². The summed E-state index contributed by atoms with van der Waals surface area (Å²) in [6, 6.07) is 13.4. The maximum Gasteiger partial charge on any atom is 0.282 e. The van der Waals surface area contributed by atoms with Gasteiger partial charge in [0.1, 0.15) is 12.4 Å². The Hall–Kier alpha value is -3.09. The van der Waals surface area contributed by atoms with Gasteiger partial charge in [0, 0.05) is 33.1 Å². The number of ether oxygens (including phenoxy) is 2. The number of non-ortho nitro benzene ring substituents is 1. The van der Waals surface area contributed by atoms with E-state index < -0.39 is 4.92 Å². The van der Waals surface area contributed by atoms with E-state index in [-0.39, 0.29) is 17.9 Å². The number of aromatic nitrogens is 2. The molecule has 3 aromatic carbocycles. The predicted octanol–water partition coefficient (Wildman–Crippen LogP) is 7.79. The third-order valence-electron chi connectivity index (χ3n) is 5.93. The molecule has 0 radical (unpaired) electrons. The van der Waals surface area contributed by atoms with Gasteiger partial charge in [-0.15, -0.1) is 0 Å². The van der Waals surface area contributed by atoms with Gasteiger partial charge in [-0.2, -0.15) is 9.78 Å². The molecular weight excluding hydrogens is 712 g/mol. The number of nitrogens with zero attached hydrogens (tertiary/aromatic N) is 4. The number of nitro benzene ring substituents is 1. The van der Waals surface area contributed by atoms with Crippen molar-refractivity contribution in [3.63, 3.8) is 0 Å². The molecule has 4 rings (SSSR count). The number of aryl methyl sites for hydroxylation is 1. The summed E-state index contributed by atoms with van der Waals surface area (Å²) < 4.78 is 15.3. The second-order valence-corrected chi connectivity index (χ2v) is 11.2. The van der Waals surface area contributed by atoms with Crippen LogP contribution in [0.2, 0.25) is 0 Å². The van der Waals surface area contributed by atoms with E-state index in [1.165, 1.54) is 16.8 Å². The molecular formula is C28H25Br3N4O5. The van der Waals surface area contributed by atoms with Gasteiger partial charge < -0.3 is 9.47 Å². The van der Waals surface area contributed by atoms with Crippen LogP contribution < -0.4 is 15.0 Å². The quantitative estimate of drug-likeness (QED) is 0.0884. The first-order valence-corrected chi connectivity index (χ1v) is 14.9. The zero-order chi connectivity index (χ0) is 28.8. The third-order valence-corrected chi connectivity index (χ3v) is 8.56. The first-order valence-electron chi connectivity index (χ1n) is 12.5. The van der Waals surface area contributed by atoms with E-state index >= 15 is 0 Å². The highest BCUT2D eigenvalue weighted by Gasteiger charge is 2.18. The molecule has 1 heterocycles. The Kier molecular flexibility index (Phi) is 10.1. The molecule has 0 aliphatic carbocycles. The number of halogens is 3. The molecule has 0 aliphatic rings. The van der Waals surface area contributed by atoms with Gasteiger partial charge in [0.15, 0.2) is 11.5 Å². The Morgan fingerprint density at radius 3 is 2.48 bits per heavy atom. The monoisotopic (exact) mass is 734 g/mol. The summed E-state index contributed by atoms with van der Waals surface area (Å²) in [5.41, 5.74) is 1.80. The Balaban J connectivity index is 1.70. The molecule has 0 aliphatic heterocycles. The van der Waals surface area contributed by atoms with Crippen LogP contribution in [0.1, 0.15) is 43.6 Å². The molecule has 9 nitrogen and oxygen atoms in total. The fraction of sp³-hybridized carbons (Fsp3) is 0.250. The third kappa shape index (κ3) is 6.79. The van der Waals surface area contributed by atoms with Gasteiger partial charge in [-0.05, 0) is 87.2 Å². The number of hydrogen-bond acceptors (Lipinski definition) is 7. The summed E-state index contributed by atoms with van der Waals surface area (Å²) in [5.74, 6) is 1.52. The van der Waals surface area contributed by atoms with Crippen molar-refractivity contribution in [2.24, 2.45) is 5.10 Å². The molecule has 208 valence electrons. The van der Waals surface area contributed by atoms with Crippen molar-refractivity contribution in [1.29, 1.82) is 0 Å². The second kappa shape index (κ2) is 13.5. The van der Waals surface area contributed by atoms with E-state index in [1.54, 1.807) is 30.5 Å². The largest absolute Gasteiger partial charge is 0.490 e. The number of nitro groups is 1. The molecule has 0 saturated heterocycles. The minimum absolute atomic E-state index is 0.0116. The molecule has 4 aromatic rings. The maximum absolute atomic E-state index is 13.4. The smallest absolute Gasteiger partial charge is 0.282 e. The molecule has 0 fully saturated rings. The summed E-state index contributed by atoms with van der Waals surface area (Å²) in [6.07, 6.45) is 4.02. The Morgan fingerprint density at radius 2 is 1.80 bits per heavy atom. The SMILES string of the molecule is CCCCc1nc2ccc(Br)cc2c(=O)n1N=Cc1cc(OCC)c(OCc2ccc([N+](=O)[O-])cc2)c(Br)c1Br. The van der Waals surface area contributed by atoms with Gasteiger partial charge in [-0.25, -0.2) is 4.98 Å². The molecule has 0 atom stereocenters. The van der Waals surface area contributed by atoms with Crippen LogP contribution in [0.25, 0.3) is 10.9 Å². The average Bonchev–Trinajstić information content (AvgIpc) is 2.94. The lowest BCUT2D eigenvalue weighted by Crippen LogP contribution is -2.22. The van der Waals surface area contributed by atoms with E-state index in [0.717, 1.165) is 22.9 Å². The van der Waals surface area contributed by atoms with Gasteiger partial charge in [0.2, 0.25) is 0 Å². The molecule has 0 bridgehead atoms. The number of hydrogen-bond donors (Lipinski definition) is 0. The summed E-state index contributed by atoms with van der Waals surface area (Å²) in [6.45, 7) is 4.51. The van der Waals surface area contributed by atoms with Crippen LogP contribution in [0.4, 0.5) is 5.69 Å². The highest BCUT2D eigenvalue weighted by Crippen LogP contribution is 2.43. The summed E-state index contributed by atoms with van der Waals surface area (Å²) in [5, 5.41) is 16.0. The van der Waals surface area contributed by atoms with Gasteiger partial charge in [-0.1, -0.05) is 29.3 Å². The van der Waals surface area contributed by atoms with Crippen molar-refractivity contribution in [2.75, 3.05) is 6.61 Å². The normalized spacial score (nSPS) is 11.3. The molecule has 12 heteroatoms. The van der Waals surface area contributed by atoms with Crippen LogP contribution >= 0.6 is 47.8 Å². The van der Waals surface area contributed by atoms with E-state index in [2.05, 4.69) is 59.8 Å². The summed E-state index contributed by atoms with van der Waals surface area (Å²) in [7, 11) is 0. The fourth-order valence-corrected chi connectivity index (χ4v) is 5.19. The van der Waals surface area contributed by atoms with Crippen molar-refractivity contribution in [3.05, 3.63) is 99.4 Å². The maximum atomic E-state index is 13.4. The van der Waals surface area contributed by atoms with E-state index in [1.807, 2.05) is 19.1 Å². The van der Waals surface area contributed by atoms with Crippen molar-refractivity contribution in [3.8, 4) is 11.5 Å². The number of rotatable bonds is 11. The minimum Gasteiger partial charge on any atom is -0.490 e. The highest BCUT2D eigenvalue weighted by molar-refractivity contribution is 9.13. The lowest BCUT2D eigenvalue weighted by Gasteiger charge is -2.16. The van der Waals surface area contributed by atoms with Gasteiger partial charge in [0.05, 0.1) is 33.1 Å². The molecule has 0 unspecified atom stereocenters. The Morgan fingerprint density at radius 1 is 1.05 bits per heavy atom. The highest BCUT2D eigenvalue weighted by atomic mass is 79.9. The Labute approximate surface area is 255 Å². The lowest BCUT2D eigenvalue weighted by atomic mass is 10.2. The number of unbranched alkanes of at least 4 members (excludes halogenated alkanes) is 1. The first-order chi connectivity index (χ1) is 19.2. The van der Waals surface area contributed by atoms with Crippen LogP contribution in [0.3, 0.4) is 0 Å². The molecule has 0 N–H and O–H groups in total. The van der Waals surface area contributed by atoms with Crippen LogP contribution in [0.5, 0.6) is 11.5 Å². The number of fused-ring (bicyclic) bond motifs is 1. The average molecular weight is 737 g/mol. The first kappa shape index (κ1) is 29.9. The molecule has 0 spiro atoms. The van der Waals surface area contributed by atoms with E-state index in [4.69, 9.17) is 14.5 Å². The topological polar surface area (TPSA) is 109 Å². The van der Waals surface area contributed by atoms with Crippen molar-refractivity contribution >= 4 is 70.6 Å². The Bertz CT molecular complexity index is 1640. The molecule has 0 amide bonds. The molecule has 40 heavy (non-hydrogen) atoms. The van der Waals surface area contributed by atoms with Crippen LogP contribution in [0.15, 0.2) is 71.8 Å². The van der Waals surface area contributed by atoms with Gasteiger partial charge in [0.25, 0.3) is 11.2 Å². The second-order valence-electron chi connectivity index (χ2n) is 8.72. The summed E-state index contributed by atoms with van der Waals surface area (Å²) in [4.78, 5) is 28.6. The zero-order valence-electron chi connectivity index (χ0n) is 21.7. The van der Waals surface area contributed by atoms with E-state index in [9.17, 15) is 14.9 Å². The minimum atomic E-state index is -0.445. The van der Waals surface area contributed by atoms with E-state index in [0.29, 0.717) is 55.8 Å². The molecule has 1 aromatic heterocycles. The summed E-state index contributed by atoms with van der Waals surface area (Å²) >= 11 is 10.6. The van der Waals surface area contributed by atoms with Crippen molar-refractivity contribution < 1.29 is 14.4 Å². The zero-order valence-corrected chi connectivity index (χ0v) is 26.5. The van der Waals surface area contributed by atoms with Crippen LogP contribution in [0, 0.1) is 10.1 Å². The van der Waals surface area contributed by atoms with Gasteiger partial charge >= 0.3 is 0 Å². The fourth-order valence-electron chi connectivity index (χ4n) is 3.90. The lowest BCUT2D eigenvalue weighted by molar-refractivity contribution is -0.384. The number of benzene rings is 3. The van der Waals surface area contributed by atoms with Crippen molar-refractivity contribution in [1.82, 2.24) is 9.66 Å². The van der Waals surface area contributed by atoms with Gasteiger partial charge in [-0.3, -0.25) is 14.9 Å². The van der Waals surface area contributed by atoms with Crippen LogP contribution in [-0.2, 0) is 13.0 Å². The predicted molar refractivity (Wildman–Crippen MR) is 166 cm³/mol.